The van der Waals surface area contributed by atoms with E-state index in [1.54, 1.807) is 19.1 Å². The van der Waals surface area contributed by atoms with Crippen LogP contribution in [0.5, 0.6) is 0 Å². The van der Waals surface area contributed by atoms with Crippen molar-refractivity contribution in [1.29, 1.82) is 0 Å². The normalized spacial score (nSPS) is 11.7. The molecule has 0 aliphatic heterocycles. The predicted octanol–water partition coefficient (Wildman–Crippen LogP) is 4.40. The van der Waals surface area contributed by atoms with Gasteiger partial charge in [0.2, 0.25) is 5.95 Å². The average molecular weight is 461 g/mol. The molecule has 0 spiro atoms. The summed E-state index contributed by atoms with van der Waals surface area (Å²) in [6.45, 7) is 6.72. The van der Waals surface area contributed by atoms with Gasteiger partial charge in [0.15, 0.2) is 11.6 Å². The summed E-state index contributed by atoms with van der Waals surface area (Å²) in [6.07, 6.45) is 1.43. The Kier molecular flexibility index (Phi) is 7.60. The molecule has 9 nitrogen and oxygen atoms in total. The monoisotopic (exact) mass is 460 g/mol. The second-order valence-electron chi connectivity index (χ2n) is 7.54. The number of oxime groups is 1. The molecule has 0 radical (unpaired) electrons. The highest BCUT2D eigenvalue weighted by Gasteiger charge is 2.13. The molecule has 170 valence electrons. The fourth-order valence-electron chi connectivity index (χ4n) is 2.82. The molecule has 32 heavy (non-hydrogen) atoms. The topological polar surface area (TPSA) is 103 Å². The number of aromatic amines is 1. The van der Waals surface area contributed by atoms with Gasteiger partial charge in [-0.15, -0.1) is 0 Å². The van der Waals surface area contributed by atoms with Crippen LogP contribution in [0.2, 0.25) is 5.02 Å². The van der Waals surface area contributed by atoms with Crippen LogP contribution in [0.3, 0.4) is 0 Å². The van der Waals surface area contributed by atoms with Gasteiger partial charge in [-0.05, 0) is 52.6 Å². The van der Waals surface area contributed by atoms with Crippen molar-refractivity contribution >= 4 is 40.6 Å². The van der Waals surface area contributed by atoms with Gasteiger partial charge in [-0.2, -0.15) is 10.1 Å². The van der Waals surface area contributed by atoms with E-state index in [-0.39, 0.29) is 11.6 Å². The van der Waals surface area contributed by atoms with Crippen molar-refractivity contribution in [2.45, 2.75) is 20.8 Å². The van der Waals surface area contributed by atoms with Crippen molar-refractivity contribution in [2.75, 3.05) is 37.9 Å². The first-order chi connectivity index (χ1) is 15.2. The third-order valence-corrected chi connectivity index (χ3v) is 4.75. The molecular weight excluding hydrogens is 435 g/mol. The summed E-state index contributed by atoms with van der Waals surface area (Å²) in [4.78, 5) is 15.8. The van der Waals surface area contributed by atoms with Gasteiger partial charge in [-0.3, -0.25) is 5.10 Å². The molecule has 0 atom stereocenters. The largest absolute Gasteiger partial charge is 0.394 e. The molecule has 1 aromatic carbocycles. The number of H-pyrrole nitrogens is 1. The Bertz CT molecular complexity index is 1120. The van der Waals surface area contributed by atoms with Gasteiger partial charge in [-0.1, -0.05) is 16.8 Å². The minimum absolute atomic E-state index is 0.188. The first kappa shape index (κ1) is 23.4. The smallest absolute Gasteiger partial charge is 0.229 e. The standard InChI is InChI=1S/C21H26ClFN8O/c1-12-8-18(17(23)10-15(12)14(3)30-32-7-6-31(4)5)25-21-24-11-16(22)20(27-21)26-19-9-13(2)28-29-19/h8-11H,6-7H2,1-5H3,(H3,24,25,26,27,28,29)/b30-14+. The summed E-state index contributed by atoms with van der Waals surface area (Å²) in [5.74, 6) is 0.627. The number of aromatic nitrogens is 4. The van der Waals surface area contributed by atoms with Crippen molar-refractivity contribution in [3.63, 3.8) is 0 Å². The highest BCUT2D eigenvalue weighted by molar-refractivity contribution is 6.32. The summed E-state index contributed by atoms with van der Waals surface area (Å²) in [7, 11) is 3.90. The lowest BCUT2D eigenvalue weighted by molar-refractivity contribution is 0.126. The van der Waals surface area contributed by atoms with Crippen LogP contribution < -0.4 is 10.6 Å². The molecule has 0 aliphatic rings. The summed E-state index contributed by atoms with van der Waals surface area (Å²) < 4.78 is 14.8. The molecule has 0 fully saturated rings. The number of anilines is 4. The second-order valence-corrected chi connectivity index (χ2v) is 7.94. The van der Waals surface area contributed by atoms with E-state index >= 15 is 0 Å². The van der Waals surface area contributed by atoms with E-state index in [1.165, 1.54) is 12.3 Å². The molecular formula is C21H26ClFN8O. The van der Waals surface area contributed by atoms with Crippen molar-refractivity contribution in [3.05, 3.63) is 52.1 Å². The van der Waals surface area contributed by atoms with Crippen LogP contribution in [-0.2, 0) is 4.84 Å². The van der Waals surface area contributed by atoms with Gasteiger partial charge in [0.1, 0.15) is 17.4 Å². The number of nitrogens with zero attached hydrogens (tertiary/aromatic N) is 5. The number of rotatable bonds is 9. The first-order valence-electron chi connectivity index (χ1n) is 9.93. The first-order valence-corrected chi connectivity index (χ1v) is 10.3. The maximum atomic E-state index is 14.8. The Morgan fingerprint density at radius 2 is 2.03 bits per heavy atom. The lowest BCUT2D eigenvalue weighted by Crippen LogP contribution is -2.17. The second kappa shape index (κ2) is 10.4. The van der Waals surface area contributed by atoms with Gasteiger partial charge >= 0.3 is 0 Å². The molecule has 0 unspecified atom stereocenters. The third-order valence-electron chi connectivity index (χ3n) is 4.48. The Morgan fingerprint density at radius 1 is 1.25 bits per heavy atom. The number of halogens is 2. The van der Waals surface area contributed by atoms with Crippen LogP contribution >= 0.6 is 11.6 Å². The van der Waals surface area contributed by atoms with Crippen LogP contribution in [0.25, 0.3) is 0 Å². The van der Waals surface area contributed by atoms with E-state index < -0.39 is 5.82 Å². The van der Waals surface area contributed by atoms with Crippen LogP contribution in [0, 0.1) is 19.7 Å². The number of likely N-dealkylation sites (N-methyl/N-ethyl adjacent to an activating group) is 1. The lowest BCUT2D eigenvalue weighted by Gasteiger charge is -2.13. The number of nitrogens with one attached hydrogen (secondary N) is 3. The molecule has 3 rings (SSSR count). The van der Waals surface area contributed by atoms with E-state index in [2.05, 4.69) is 36.0 Å². The highest BCUT2D eigenvalue weighted by atomic mass is 35.5. The lowest BCUT2D eigenvalue weighted by atomic mass is 10.0. The highest BCUT2D eigenvalue weighted by Crippen LogP contribution is 2.26. The maximum Gasteiger partial charge on any atom is 0.229 e. The molecule has 3 N–H and O–H groups in total. The molecule has 2 aromatic heterocycles. The zero-order valence-corrected chi connectivity index (χ0v) is 19.4. The fourth-order valence-corrected chi connectivity index (χ4v) is 2.96. The zero-order chi connectivity index (χ0) is 23.3. The molecule has 0 saturated carbocycles. The third kappa shape index (κ3) is 6.14. The van der Waals surface area contributed by atoms with Crippen molar-refractivity contribution in [1.82, 2.24) is 25.1 Å². The zero-order valence-electron chi connectivity index (χ0n) is 18.6. The minimum atomic E-state index is -0.468. The molecule has 2 heterocycles. The van der Waals surface area contributed by atoms with Crippen LogP contribution in [-0.4, -0.2) is 58.0 Å². The summed E-state index contributed by atoms with van der Waals surface area (Å²) in [5, 5.41) is 17.2. The molecule has 0 amide bonds. The Morgan fingerprint density at radius 3 is 2.72 bits per heavy atom. The van der Waals surface area contributed by atoms with E-state index in [0.717, 1.165) is 17.8 Å². The number of hydrogen-bond acceptors (Lipinski definition) is 8. The van der Waals surface area contributed by atoms with Gasteiger partial charge in [0.05, 0.1) is 17.6 Å². The summed E-state index contributed by atoms with van der Waals surface area (Å²) >= 11 is 6.18. The van der Waals surface area contributed by atoms with E-state index in [9.17, 15) is 4.39 Å². The molecule has 11 heteroatoms. The van der Waals surface area contributed by atoms with E-state index in [0.29, 0.717) is 34.5 Å². The molecule has 0 bridgehead atoms. The van der Waals surface area contributed by atoms with Crippen molar-refractivity contribution < 1.29 is 9.23 Å². The van der Waals surface area contributed by atoms with Crippen molar-refractivity contribution in [3.8, 4) is 0 Å². The molecule has 3 aromatic rings. The van der Waals surface area contributed by atoms with Crippen LogP contribution in [0.4, 0.5) is 27.7 Å². The average Bonchev–Trinajstić information content (AvgIpc) is 3.14. The fraction of sp³-hybridized carbons (Fsp3) is 0.333. The van der Waals surface area contributed by atoms with Crippen LogP contribution in [0.1, 0.15) is 23.7 Å². The van der Waals surface area contributed by atoms with Crippen LogP contribution in [0.15, 0.2) is 29.6 Å². The van der Waals surface area contributed by atoms with E-state index in [4.69, 9.17) is 16.4 Å². The maximum absolute atomic E-state index is 14.8. The van der Waals surface area contributed by atoms with E-state index in [1.807, 2.05) is 32.8 Å². The van der Waals surface area contributed by atoms with Gasteiger partial charge in [0, 0.05) is 23.9 Å². The Balaban J connectivity index is 1.76. The number of benzene rings is 1. The summed E-state index contributed by atoms with van der Waals surface area (Å²) in [6, 6.07) is 4.89. The number of aryl methyl sites for hydroxylation is 2. The quantitative estimate of drug-likeness (QED) is 0.247. The Hall–Kier alpha value is -3.24. The van der Waals surface area contributed by atoms with Gasteiger partial charge < -0.3 is 20.4 Å². The summed E-state index contributed by atoms with van der Waals surface area (Å²) in [5.41, 5.74) is 3.19. The SMILES string of the molecule is C/C(=N\OCCN(C)C)c1cc(F)c(Nc2ncc(Cl)c(Nc3cc(C)[nH]n3)n2)cc1C. The van der Waals surface area contributed by atoms with Crippen molar-refractivity contribution in [2.24, 2.45) is 5.16 Å². The van der Waals surface area contributed by atoms with Gasteiger partial charge in [-0.25, -0.2) is 9.37 Å². The number of hydrogen-bond donors (Lipinski definition) is 3. The van der Waals surface area contributed by atoms with Gasteiger partial charge in [0.25, 0.3) is 0 Å². The predicted molar refractivity (Wildman–Crippen MR) is 125 cm³/mol. The minimum Gasteiger partial charge on any atom is -0.394 e. The molecule has 0 saturated heterocycles. The molecule has 0 aliphatic carbocycles. The Labute approximate surface area is 191 Å².